The molecule has 1 aromatic rings. The average molecular weight is 465 g/mol. The Morgan fingerprint density at radius 3 is 2.92 bits per heavy atom. The van der Waals surface area contributed by atoms with Crippen molar-refractivity contribution in [2.45, 2.75) is 38.6 Å². The summed E-state index contributed by atoms with van der Waals surface area (Å²) in [5.41, 5.74) is 0. The van der Waals surface area contributed by atoms with Crippen LogP contribution >= 0.6 is 24.0 Å². The molecule has 2 rings (SSSR count). The van der Waals surface area contributed by atoms with Crippen LogP contribution in [0.4, 0.5) is 0 Å². The lowest BCUT2D eigenvalue weighted by Gasteiger charge is -2.21. The number of halogens is 1. The molecule has 0 radical (unpaired) electrons. The number of ether oxygens (including phenoxy) is 2. The summed E-state index contributed by atoms with van der Waals surface area (Å²) >= 11 is 0. The summed E-state index contributed by atoms with van der Waals surface area (Å²) in [6.45, 7) is 5.77. The van der Waals surface area contributed by atoms with Crippen molar-refractivity contribution in [1.29, 1.82) is 0 Å². The number of aliphatic imine (C=N–C) groups is 1. The molecule has 0 aliphatic heterocycles. The fourth-order valence-corrected chi connectivity index (χ4v) is 2.56. The molecule has 0 aromatic carbocycles. The number of hydrogen-bond donors (Lipinski definition) is 2. The molecule has 0 spiro atoms. The number of hydrogen-bond acceptors (Lipinski definition) is 4. The lowest BCUT2D eigenvalue weighted by molar-refractivity contribution is 0.146. The monoisotopic (exact) mass is 465 g/mol. The average Bonchev–Trinajstić information content (AvgIpc) is 3.30. The van der Waals surface area contributed by atoms with Crippen LogP contribution in [-0.2, 0) is 15.9 Å². The van der Waals surface area contributed by atoms with Gasteiger partial charge in [0.15, 0.2) is 5.96 Å². The van der Waals surface area contributed by atoms with Crippen molar-refractivity contribution in [3.63, 3.8) is 0 Å². The van der Waals surface area contributed by atoms with E-state index in [9.17, 15) is 0 Å². The van der Waals surface area contributed by atoms with Crippen molar-refractivity contribution in [2.75, 3.05) is 40.0 Å². The van der Waals surface area contributed by atoms with E-state index >= 15 is 0 Å². The van der Waals surface area contributed by atoms with E-state index in [4.69, 9.17) is 13.9 Å². The van der Waals surface area contributed by atoms with Gasteiger partial charge in [-0.15, -0.1) is 24.0 Å². The van der Waals surface area contributed by atoms with E-state index in [0.29, 0.717) is 18.6 Å². The second kappa shape index (κ2) is 13.4. The van der Waals surface area contributed by atoms with E-state index in [1.54, 1.807) is 13.4 Å². The molecular weight excluding hydrogens is 433 g/mol. The minimum absolute atomic E-state index is 0. The predicted molar refractivity (Wildman–Crippen MR) is 111 cm³/mol. The third-order valence-electron chi connectivity index (χ3n) is 4.02. The maximum Gasteiger partial charge on any atom is 0.191 e. The fourth-order valence-electron chi connectivity index (χ4n) is 2.56. The first-order chi connectivity index (χ1) is 11.8. The number of nitrogens with one attached hydrogen (secondary N) is 2. The molecule has 1 aliphatic carbocycles. The van der Waals surface area contributed by atoms with Gasteiger partial charge in [-0.2, -0.15) is 0 Å². The molecule has 1 atom stereocenters. The third kappa shape index (κ3) is 9.46. The molecular formula is C18H32IN3O3. The predicted octanol–water partition coefficient (Wildman–Crippen LogP) is 2.83. The largest absolute Gasteiger partial charge is 0.469 e. The van der Waals surface area contributed by atoms with E-state index in [1.165, 1.54) is 12.8 Å². The highest BCUT2D eigenvalue weighted by molar-refractivity contribution is 14.0. The van der Waals surface area contributed by atoms with Gasteiger partial charge in [0.1, 0.15) is 5.76 Å². The maximum atomic E-state index is 5.37. The van der Waals surface area contributed by atoms with Gasteiger partial charge in [0, 0.05) is 39.8 Å². The summed E-state index contributed by atoms with van der Waals surface area (Å²) in [5.74, 6) is 2.53. The van der Waals surface area contributed by atoms with E-state index in [-0.39, 0.29) is 24.0 Å². The Morgan fingerprint density at radius 2 is 2.28 bits per heavy atom. The van der Waals surface area contributed by atoms with Crippen molar-refractivity contribution >= 4 is 29.9 Å². The molecule has 25 heavy (non-hydrogen) atoms. The highest BCUT2D eigenvalue weighted by Crippen LogP contribution is 2.32. The molecule has 1 saturated carbocycles. The van der Waals surface area contributed by atoms with Gasteiger partial charge in [-0.1, -0.05) is 0 Å². The van der Waals surface area contributed by atoms with Crippen LogP contribution in [-0.4, -0.2) is 52.0 Å². The Balaban J connectivity index is 0.00000312. The first-order valence-electron chi connectivity index (χ1n) is 8.97. The molecule has 1 fully saturated rings. The number of rotatable bonds is 12. The minimum atomic E-state index is 0. The molecule has 1 aliphatic rings. The molecule has 1 aromatic heterocycles. The number of nitrogens with zero attached hydrogens (tertiary/aromatic N) is 1. The van der Waals surface area contributed by atoms with Gasteiger partial charge in [-0.3, -0.25) is 4.99 Å². The second-order valence-corrected chi connectivity index (χ2v) is 6.08. The SMILES string of the molecule is CCOCCCN=C(NCCc1ccco1)NC(COC)C1CC1.I. The highest BCUT2D eigenvalue weighted by atomic mass is 127. The zero-order valence-corrected chi connectivity index (χ0v) is 17.7. The van der Waals surface area contributed by atoms with Gasteiger partial charge < -0.3 is 24.5 Å². The van der Waals surface area contributed by atoms with Gasteiger partial charge in [0.25, 0.3) is 0 Å². The summed E-state index contributed by atoms with van der Waals surface area (Å²) in [6.07, 6.45) is 6.01. The molecule has 0 amide bonds. The molecule has 144 valence electrons. The van der Waals surface area contributed by atoms with Gasteiger partial charge in [0.2, 0.25) is 0 Å². The van der Waals surface area contributed by atoms with E-state index in [0.717, 1.165) is 50.9 Å². The van der Waals surface area contributed by atoms with Gasteiger partial charge in [-0.05, 0) is 44.2 Å². The third-order valence-corrected chi connectivity index (χ3v) is 4.02. The lowest BCUT2D eigenvalue weighted by atomic mass is 10.2. The Bertz CT molecular complexity index is 464. The lowest BCUT2D eigenvalue weighted by Crippen LogP contribution is -2.47. The summed E-state index contributed by atoms with van der Waals surface area (Å²) in [7, 11) is 1.75. The zero-order valence-electron chi connectivity index (χ0n) is 15.3. The van der Waals surface area contributed by atoms with Crippen molar-refractivity contribution in [3.05, 3.63) is 24.2 Å². The van der Waals surface area contributed by atoms with Crippen LogP contribution in [0.5, 0.6) is 0 Å². The summed E-state index contributed by atoms with van der Waals surface area (Å²) in [5, 5.41) is 6.93. The van der Waals surface area contributed by atoms with Crippen LogP contribution in [0.25, 0.3) is 0 Å². The summed E-state index contributed by atoms with van der Waals surface area (Å²) < 4.78 is 16.1. The molecule has 2 N–H and O–H groups in total. The molecule has 1 unspecified atom stereocenters. The van der Waals surface area contributed by atoms with Crippen molar-refractivity contribution in [2.24, 2.45) is 10.9 Å². The van der Waals surface area contributed by atoms with Gasteiger partial charge in [0.05, 0.1) is 18.9 Å². The van der Waals surface area contributed by atoms with Gasteiger partial charge >= 0.3 is 0 Å². The molecule has 0 bridgehead atoms. The normalized spacial score (nSPS) is 15.5. The van der Waals surface area contributed by atoms with Crippen LogP contribution < -0.4 is 10.6 Å². The molecule has 0 saturated heterocycles. The molecule has 1 heterocycles. The van der Waals surface area contributed by atoms with E-state index in [1.807, 2.05) is 19.1 Å². The van der Waals surface area contributed by atoms with Crippen LogP contribution in [0.15, 0.2) is 27.8 Å². The van der Waals surface area contributed by atoms with Crippen molar-refractivity contribution < 1.29 is 13.9 Å². The first-order valence-corrected chi connectivity index (χ1v) is 8.97. The maximum absolute atomic E-state index is 5.37. The first kappa shape index (κ1) is 22.2. The van der Waals surface area contributed by atoms with Crippen LogP contribution in [0.2, 0.25) is 0 Å². The second-order valence-electron chi connectivity index (χ2n) is 6.08. The Labute approximate surface area is 168 Å². The number of methoxy groups -OCH3 is 1. The van der Waals surface area contributed by atoms with Crippen LogP contribution in [0, 0.1) is 5.92 Å². The number of guanidine groups is 1. The molecule has 6 nitrogen and oxygen atoms in total. The quantitative estimate of drug-likeness (QED) is 0.215. The topological polar surface area (TPSA) is 68.0 Å². The molecule has 7 heteroatoms. The standard InChI is InChI=1S/C18H31N3O3.HI/c1-3-23-12-5-10-19-18(20-11-9-16-6-4-13-24-16)21-17(14-22-2)15-7-8-15;/h4,6,13,15,17H,3,5,7-12,14H2,1-2H3,(H2,19,20,21);1H. The Morgan fingerprint density at radius 1 is 1.44 bits per heavy atom. The smallest absolute Gasteiger partial charge is 0.191 e. The number of furan rings is 1. The van der Waals surface area contributed by atoms with E-state index in [2.05, 4.69) is 15.6 Å². The fraction of sp³-hybridized carbons (Fsp3) is 0.722. The Kier molecular flexibility index (Phi) is 11.9. The van der Waals surface area contributed by atoms with Crippen molar-refractivity contribution in [3.8, 4) is 0 Å². The zero-order chi connectivity index (χ0) is 17.0. The van der Waals surface area contributed by atoms with Crippen LogP contribution in [0.3, 0.4) is 0 Å². The highest BCUT2D eigenvalue weighted by Gasteiger charge is 2.31. The minimum Gasteiger partial charge on any atom is -0.469 e. The van der Waals surface area contributed by atoms with Crippen molar-refractivity contribution in [1.82, 2.24) is 10.6 Å². The summed E-state index contributed by atoms with van der Waals surface area (Å²) in [4.78, 5) is 4.67. The van der Waals surface area contributed by atoms with Crippen LogP contribution in [0.1, 0.15) is 31.9 Å². The van der Waals surface area contributed by atoms with E-state index < -0.39 is 0 Å². The summed E-state index contributed by atoms with van der Waals surface area (Å²) in [6, 6.07) is 4.24. The van der Waals surface area contributed by atoms with Gasteiger partial charge in [-0.25, -0.2) is 0 Å². The Hall–Kier alpha value is -0.800.